The zero-order chi connectivity index (χ0) is 45.9. The predicted molar refractivity (Wildman–Crippen MR) is 254 cm³/mol. The molecule has 6 heterocycles. The van der Waals surface area contributed by atoms with Gasteiger partial charge in [0.15, 0.2) is 23.3 Å². The summed E-state index contributed by atoms with van der Waals surface area (Å²) in [6, 6.07) is 41.4. The first-order valence-corrected chi connectivity index (χ1v) is 21.3. The van der Waals surface area contributed by atoms with Crippen molar-refractivity contribution < 1.29 is 13.2 Å². The molecule has 6 aromatic heterocycles. The smallest absolute Gasteiger partial charge is 0.309 e. The standard InChI is InChI=1S/C54H30F3N11/c55-54(56,57)38-29-47(67-43-12-8-34(50-59-16-2-17-60-50)25-39(43)40-26-35(9-13-44(40)67)51-61-18-3-19-62-51)49(33-7-1-6-32(24-33)31-58)48(30-38)68-45-14-10-36(52-63-20-4-21-64-52)27-41(45)42-28-37(11-15-46(42)68)53-65-22-5-23-66-53/h1-30H. The van der Waals surface area contributed by atoms with E-state index < -0.39 is 11.7 Å². The van der Waals surface area contributed by atoms with Crippen molar-refractivity contribution in [3.63, 3.8) is 0 Å². The topological polar surface area (TPSA) is 137 Å². The molecule has 0 aliphatic heterocycles. The first-order chi connectivity index (χ1) is 33.3. The van der Waals surface area contributed by atoms with E-state index in [1.807, 2.05) is 88.0 Å². The van der Waals surface area contributed by atoms with Crippen molar-refractivity contribution in [1.82, 2.24) is 49.0 Å². The van der Waals surface area contributed by atoms with Crippen LogP contribution in [0, 0.1) is 11.3 Å². The van der Waals surface area contributed by atoms with Crippen molar-refractivity contribution in [1.29, 1.82) is 5.26 Å². The second-order valence-electron chi connectivity index (χ2n) is 16.0. The predicted octanol–water partition coefficient (Wildman–Crippen LogP) is 12.3. The van der Waals surface area contributed by atoms with Crippen molar-refractivity contribution in [3.05, 3.63) is 194 Å². The van der Waals surface area contributed by atoms with Gasteiger partial charge in [-0.05, 0) is 127 Å². The van der Waals surface area contributed by atoms with Crippen LogP contribution in [0.4, 0.5) is 13.2 Å². The normalized spacial score (nSPS) is 11.7. The van der Waals surface area contributed by atoms with E-state index >= 15 is 13.2 Å². The quantitative estimate of drug-likeness (QED) is 0.153. The van der Waals surface area contributed by atoms with Crippen molar-refractivity contribution in [2.45, 2.75) is 6.18 Å². The summed E-state index contributed by atoms with van der Waals surface area (Å²) in [5.41, 5.74) is 6.26. The Morgan fingerprint density at radius 2 is 0.721 bits per heavy atom. The second kappa shape index (κ2) is 15.9. The molecule has 0 bridgehead atoms. The van der Waals surface area contributed by atoms with Gasteiger partial charge in [-0.2, -0.15) is 18.4 Å². The first-order valence-electron chi connectivity index (χ1n) is 21.3. The molecule has 0 saturated heterocycles. The Balaban J connectivity index is 1.23. The largest absolute Gasteiger partial charge is 0.416 e. The zero-order valence-corrected chi connectivity index (χ0v) is 35.4. The van der Waals surface area contributed by atoms with E-state index in [2.05, 4.69) is 45.9 Å². The van der Waals surface area contributed by atoms with Crippen LogP contribution < -0.4 is 0 Å². The highest BCUT2D eigenvalue weighted by atomic mass is 19.4. The van der Waals surface area contributed by atoms with Crippen LogP contribution in [-0.2, 0) is 6.18 Å². The summed E-state index contributed by atoms with van der Waals surface area (Å²) in [7, 11) is 0. The van der Waals surface area contributed by atoms with Crippen LogP contribution in [-0.4, -0.2) is 49.0 Å². The first kappa shape index (κ1) is 40.1. The van der Waals surface area contributed by atoms with Gasteiger partial charge < -0.3 is 9.13 Å². The molecule has 6 aromatic carbocycles. The highest BCUT2D eigenvalue weighted by Crippen LogP contribution is 2.46. The van der Waals surface area contributed by atoms with Crippen LogP contribution in [0.1, 0.15) is 11.1 Å². The number of nitrogens with zero attached hydrogens (tertiary/aromatic N) is 11. The van der Waals surface area contributed by atoms with E-state index in [-0.39, 0.29) is 11.4 Å². The van der Waals surface area contributed by atoms with Gasteiger partial charge in [0.2, 0.25) is 0 Å². The van der Waals surface area contributed by atoms with Crippen LogP contribution in [0.3, 0.4) is 0 Å². The van der Waals surface area contributed by atoms with E-state index in [0.29, 0.717) is 62.1 Å². The van der Waals surface area contributed by atoms with Gasteiger partial charge in [-0.25, -0.2) is 39.9 Å². The molecule has 0 aliphatic carbocycles. The van der Waals surface area contributed by atoms with Crippen LogP contribution in [0.2, 0.25) is 0 Å². The lowest BCUT2D eigenvalue weighted by molar-refractivity contribution is -0.137. The third kappa shape index (κ3) is 6.76. The lowest BCUT2D eigenvalue weighted by Crippen LogP contribution is -2.11. The van der Waals surface area contributed by atoms with Crippen LogP contribution in [0.15, 0.2) is 183 Å². The van der Waals surface area contributed by atoms with E-state index in [4.69, 9.17) is 0 Å². The Labute approximate surface area is 384 Å². The third-order valence-electron chi connectivity index (χ3n) is 12.0. The second-order valence-corrected chi connectivity index (χ2v) is 16.0. The molecule has 0 spiro atoms. The maximum Gasteiger partial charge on any atom is 0.416 e. The molecule has 0 N–H and O–H groups in total. The van der Waals surface area contributed by atoms with Gasteiger partial charge >= 0.3 is 6.18 Å². The maximum atomic E-state index is 15.8. The third-order valence-corrected chi connectivity index (χ3v) is 12.0. The Kier molecular flexibility index (Phi) is 9.36. The van der Waals surface area contributed by atoms with Crippen LogP contribution in [0.25, 0.3) is 112 Å². The highest BCUT2D eigenvalue weighted by molar-refractivity contribution is 6.14. The number of halogens is 3. The van der Waals surface area contributed by atoms with Crippen molar-refractivity contribution in [2.24, 2.45) is 0 Å². The summed E-state index contributed by atoms with van der Waals surface area (Å²) in [4.78, 5) is 36.0. The number of nitriles is 1. The van der Waals surface area contributed by atoms with E-state index in [1.165, 1.54) is 12.1 Å². The van der Waals surface area contributed by atoms with Crippen molar-refractivity contribution in [3.8, 4) is 74.1 Å². The Hall–Kier alpha value is -9.48. The van der Waals surface area contributed by atoms with Gasteiger partial charge in [-0.3, -0.25) is 0 Å². The fraction of sp³-hybridized carbons (Fsp3) is 0.0185. The minimum absolute atomic E-state index is 0.232. The molecule has 0 fully saturated rings. The summed E-state index contributed by atoms with van der Waals surface area (Å²) in [6.45, 7) is 0. The van der Waals surface area contributed by atoms with Gasteiger partial charge in [-0.15, -0.1) is 0 Å². The molecule has 0 amide bonds. The molecule has 14 heteroatoms. The summed E-state index contributed by atoms with van der Waals surface area (Å²) in [5, 5.41) is 13.2. The van der Waals surface area contributed by atoms with Crippen LogP contribution >= 0.6 is 0 Å². The molecular weight excluding hydrogens is 860 g/mol. The van der Waals surface area contributed by atoms with Gasteiger partial charge in [0, 0.05) is 98.9 Å². The number of alkyl halides is 3. The molecule has 12 rings (SSSR count). The average Bonchev–Trinajstić information content (AvgIpc) is 3.90. The molecule has 0 aliphatic rings. The van der Waals surface area contributed by atoms with Gasteiger partial charge in [0.25, 0.3) is 0 Å². The van der Waals surface area contributed by atoms with Crippen molar-refractivity contribution in [2.75, 3.05) is 0 Å². The molecule has 0 saturated carbocycles. The summed E-state index contributed by atoms with van der Waals surface area (Å²) >= 11 is 0. The summed E-state index contributed by atoms with van der Waals surface area (Å²) in [5.74, 6) is 1.96. The summed E-state index contributed by atoms with van der Waals surface area (Å²) < 4.78 is 51.1. The van der Waals surface area contributed by atoms with E-state index in [9.17, 15) is 5.26 Å². The molecule has 322 valence electrons. The fourth-order valence-electron chi connectivity index (χ4n) is 9.08. The van der Waals surface area contributed by atoms with E-state index in [1.54, 1.807) is 92.0 Å². The maximum absolute atomic E-state index is 15.8. The van der Waals surface area contributed by atoms with Gasteiger partial charge in [-0.1, -0.05) is 12.1 Å². The fourth-order valence-corrected chi connectivity index (χ4v) is 9.08. The number of rotatable bonds is 7. The SMILES string of the molecule is N#Cc1cccc(-c2c(-n3c4ccc(-c5ncccn5)cc4c4cc(-c5ncccn5)ccc43)cc(C(F)(F)F)cc2-n2c3ccc(-c4ncccn4)cc3c3cc(-c4ncccn4)ccc32)c1. The Morgan fingerprint density at radius 1 is 0.382 bits per heavy atom. The number of hydrogen-bond donors (Lipinski definition) is 0. The monoisotopic (exact) mass is 889 g/mol. The number of benzene rings is 6. The zero-order valence-electron chi connectivity index (χ0n) is 35.4. The minimum atomic E-state index is -4.79. The molecular formula is C54H30F3N11. The van der Waals surface area contributed by atoms with Gasteiger partial charge in [0.05, 0.1) is 50.6 Å². The molecule has 68 heavy (non-hydrogen) atoms. The Bertz CT molecular complexity index is 3550. The molecule has 0 unspecified atom stereocenters. The molecule has 11 nitrogen and oxygen atoms in total. The molecule has 0 atom stereocenters. The highest BCUT2D eigenvalue weighted by Gasteiger charge is 2.34. The molecule has 12 aromatic rings. The Morgan fingerprint density at radius 3 is 1.03 bits per heavy atom. The van der Waals surface area contributed by atoms with Gasteiger partial charge in [0.1, 0.15) is 0 Å². The summed E-state index contributed by atoms with van der Waals surface area (Å²) in [6.07, 6.45) is 8.49. The lowest BCUT2D eigenvalue weighted by Gasteiger charge is -2.23. The average molecular weight is 890 g/mol. The number of aromatic nitrogens is 10. The minimum Gasteiger partial charge on any atom is -0.309 e. The van der Waals surface area contributed by atoms with E-state index in [0.717, 1.165) is 43.8 Å². The van der Waals surface area contributed by atoms with Crippen LogP contribution in [0.5, 0.6) is 0 Å². The van der Waals surface area contributed by atoms with Crippen molar-refractivity contribution >= 4 is 43.6 Å². The number of hydrogen-bond acceptors (Lipinski definition) is 9. The molecule has 0 radical (unpaired) electrons. The lowest BCUT2D eigenvalue weighted by atomic mass is 9.96. The number of fused-ring (bicyclic) bond motifs is 6.